The first-order valence-corrected chi connectivity index (χ1v) is 6.13. The van der Waals surface area contributed by atoms with Gasteiger partial charge in [-0.05, 0) is 24.5 Å². The molecule has 0 spiro atoms. The fourth-order valence-corrected chi connectivity index (χ4v) is 1.73. The SMILES string of the molecule is CCCCCCc1ccc(OC(C)=O)cc1O. The van der Waals surface area contributed by atoms with Gasteiger partial charge in [0.25, 0.3) is 0 Å². The van der Waals surface area contributed by atoms with E-state index in [9.17, 15) is 9.90 Å². The van der Waals surface area contributed by atoms with Gasteiger partial charge in [-0.1, -0.05) is 32.3 Å². The highest BCUT2D eigenvalue weighted by atomic mass is 16.5. The van der Waals surface area contributed by atoms with Crippen LogP contribution in [0.3, 0.4) is 0 Å². The summed E-state index contributed by atoms with van der Waals surface area (Å²) >= 11 is 0. The highest BCUT2D eigenvalue weighted by Crippen LogP contribution is 2.25. The van der Waals surface area contributed by atoms with Gasteiger partial charge in [0.1, 0.15) is 11.5 Å². The first kappa shape index (κ1) is 13.6. The van der Waals surface area contributed by atoms with Crippen molar-refractivity contribution in [2.24, 2.45) is 0 Å². The number of hydrogen-bond donors (Lipinski definition) is 1. The lowest BCUT2D eigenvalue weighted by atomic mass is 10.1. The minimum absolute atomic E-state index is 0.209. The fourth-order valence-electron chi connectivity index (χ4n) is 1.73. The molecule has 0 atom stereocenters. The van der Waals surface area contributed by atoms with Gasteiger partial charge in [-0.3, -0.25) is 4.79 Å². The Bertz CT molecular complexity index is 372. The van der Waals surface area contributed by atoms with Crippen LogP contribution in [0, 0.1) is 0 Å². The summed E-state index contributed by atoms with van der Waals surface area (Å²) in [6, 6.07) is 5.03. The van der Waals surface area contributed by atoms with E-state index in [1.165, 1.54) is 32.3 Å². The number of ether oxygens (including phenoxy) is 1. The number of aromatic hydroxyl groups is 1. The van der Waals surface area contributed by atoms with Crippen LogP contribution in [0.15, 0.2) is 18.2 Å². The van der Waals surface area contributed by atoms with Gasteiger partial charge in [-0.2, -0.15) is 0 Å². The maximum Gasteiger partial charge on any atom is 0.308 e. The number of carbonyl (C=O) groups excluding carboxylic acids is 1. The second kappa shape index (κ2) is 6.94. The van der Waals surface area contributed by atoms with Gasteiger partial charge in [-0.25, -0.2) is 0 Å². The van der Waals surface area contributed by atoms with Gasteiger partial charge in [0, 0.05) is 13.0 Å². The Morgan fingerprint density at radius 2 is 2.06 bits per heavy atom. The maximum atomic E-state index is 10.7. The molecule has 0 aliphatic carbocycles. The van der Waals surface area contributed by atoms with Crippen LogP contribution in [0.4, 0.5) is 0 Å². The molecule has 0 aromatic heterocycles. The van der Waals surface area contributed by atoms with Crippen molar-refractivity contribution >= 4 is 5.97 Å². The molecule has 0 aliphatic heterocycles. The molecule has 0 saturated heterocycles. The molecule has 1 aromatic rings. The molecule has 0 radical (unpaired) electrons. The van der Waals surface area contributed by atoms with Gasteiger partial charge in [0.2, 0.25) is 0 Å². The predicted octanol–water partition coefficient (Wildman–Crippen LogP) is 3.44. The summed E-state index contributed by atoms with van der Waals surface area (Å²) in [6.07, 6.45) is 5.56. The Kier molecular flexibility index (Phi) is 5.53. The largest absolute Gasteiger partial charge is 0.508 e. The summed E-state index contributed by atoms with van der Waals surface area (Å²) in [6.45, 7) is 3.51. The third-order valence-electron chi connectivity index (χ3n) is 2.62. The molecule has 0 unspecified atom stereocenters. The van der Waals surface area contributed by atoms with Crippen molar-refractivity contribution in [3.8, 4) is 11.5 Å². The van der Waals surface area contributed by atoms with Crippen molar-refractivity contribution < 1.29 is 14.6 Å². The van der Waals surface area contributed by atoms with Gasteiger partial charge < -0.3 is 9.84 Å². The standard InChI is InChI=1S/C14H20O3/c1-3-4-5-6-7-12-8-9-13(10-14(12)16)17-11(2)15/h8-10,16H,3-7H2,1-2H3. The number of benzene rings is 1. The van der Waals surface area contributed by atoms with Crippen LogP contribution < -0.4 is 4.74 Å². The van der Waals surface area contributed by atoms with Crippen LogP contribution in [-0.2, 0) is 11.2 Å². The molecule has 3 nitrogen and oxygen atoms in total. The minimum Gasteiger partial charge on any atom is -0.508 e. The van der Waals surface area contributed by atoms with Gasteiger partial charge in [0.15, 0.2) is 0 Å². The predicted molar refractivity (Wildman–Crippen MR) is 67.3 cm³/mol. The fraction of sp³-hybridized carbons (Fsp3) is 0.500. The van der Waals surface area contributed by atoms with E-state index < -0.39 is 0 Å². The Morgan fingerprint density at radius 3 is 2.65 bits per heavy atom. The molecular weight excluding hydrogens is 216 g/mol. The number of phenolic OH excluding ortho intramolecular Hbond substituents is 1. The van der Waals surface area contributed by atoms with Gasteiger partial charge in [-0.15, -0.1) is 0 Å². The van der Waals surface area contributed by atoms with Crippen LogP contribution in [0.1, 0.15) is 45.1 Å². The quantitative estimate of drug-likeness (QED) is 0.467. The maximum absolute atomic E-state index is 10.7. The van der Waals surface area contributed by atoms with E-state index in [-0.39, 0.29) is 11.7 Å². The number of esters is 1. The van der Waals surface area contributed by atoms with E-state index >= 15 is 0 Å². The highest BCUT2D eigenvalue weighted by molar-refractivity contribution is 5.69. The molecule has 0 heterocycles. The van der Waals surface area contributed by atoms with Crippen LogP contribution in [0.2, 0.25) is 0 Å². The number of aryl methyl sites for hydroxylation is 1. The van der Waals surface area contributed by atoms with Crippen LogP contribution in [-0.4, -0.2) is 11.1 Å². The summed E-state index contributed by atoms with van der Waals surface area (Å²) < 4.78 is 4.89. The van der Waals surface area contributed by atoms with Crippen molar-refractivity contribution in [1.82, 2.24) is 0 Å². The van der Waals surface area contributed by atoms with Crippen molar-refractivity contribution in [3.63, 3.8) is 0 Å². The Labute approximate surface area is 102 Å². The Balaban J connectivity index is 2.54. The van der Waals surface area contributed by atoms with Gasteiger partial charge >= 0.3 is 5.97 Å². The van der Waals surface area contributed by atoms with Crippen molar-refractivity contribution in [2.75, 3.05) is 0 Å². The molecule has 0 fully saturated rings. The van der Waals surface area contributed by atoms with Crippen molar-refractivity contribution in [3.05, 3.63) is 23.8 Å². The molecule has 1 aromatic carbocycles. The third kappa shape index (κ3) is 4.89. The summed E-state index contributed by atoms with van der Waals surface area (Å²) in [4.78, 5) is 10.7. The number of carbonyl (C=O) groups is 1. The number of phenols is 1. The molecular formula is C14H20O3. The molecule has 17 heavy (non-hydrogen) atoms. The monoisotopic (exact) mass is 236 g/mol. The number of rotatable bonds is 6. The smallest absolute Gasteiger partial charge is 0.308 e. The zero-order valence-electron chi connectivity index (χ0n) is 10.5. The average molecular weight is 236 g/mol. The minimum atomic E-state index is -0.375. The topological polar surface area (TPSA) is 46.5 Å². The van der Waals surface area contributed by atoms with Gasteiger partial charge in [0.05, 0.1) is 0 Å². The second-order valence-corrected chi connectivity index (χ2v) is 4.19. The van der Waals surface area contributed by atoms with E-state index in [1.54, 1.807) is 6.07 Å². The number of unbranched alkanes of at least 4 members (excludes halogenated alkanes) is 3. The molecule has 1 rings (SSSR count). The van der Waals surface area contributed by atoms with E-state index in [2.05, 4.69) is 6.92 Å². The highest BCUT2D eigenvalue weighted by Gasteiger charge is 2.04. The summed E-state index contributed by atoms with van der Waals surface area (Å²) in [5.74, 6) is 0.229. The average Bonchev–Trinajstić information content (AvgIpc) is 2.26. The van der Waals surface area contributed by atoms with Crippen LogP contribution in [0.25, 0.3) is 0 Å². The first-order chi connectivity index (χ1) is 8.13. The molecule has 0 bridgehead atoms. The van der Waals surface area contributed by atoms with E-state index in [4.69, 9.17) is 4.74 Å². The molecule has 0 aliphatic rings. The molecule has 1 N–H and O–H groups in total. The number of hydrogen-bond acceptors (Lipinski definition) is 3. The normalized spacial score (nSPS) is 10.2. The van der Waals surface area contributed by atoms with Crippen molar-refractivity contribution in [1.29, 1.82) is 0 Å². The summed E-state index contributed by atoms with van der Waals surface area (Å²) in [5, 5.41) is 9.77. The van der Waals surface area contributed by atoms with Crippen molar-refractivity contribution in [2.45, 2.75) is 46.0 Å². The van der Waals surface area contributed by atoms with E-state index in [0.717, 1.165) is 18.4 Å². The molecule has 0 saturated carbocycles. The zero-order valence-corrected chi connectivity index (χ0v) is 10.5. The zero-order chi connectivity index (χ0) is 12.7. The Hall–Kier alpha value is -1.51. The van der Waals surface area contributed by atoms with E-state index in [0.29, 0.717) is 5.75 Å². The Morgan fingerprint density at radius 1 is 1.29 bits per heavy atom. The third-order valence-corrected chi connectivity index (χ3v) is 2.62. The molecule has 3 heteroatoms. The summed E-state index contributed by atoms with van der Waals surface area (Å²) in [7, 11) is 0. The lowest BCUT2D eigenvalue weighted by Crippen LogP contribution is -2.01. The first-order valence-electron chi connectivity index (χ1n) is 6.13. The van der Waals surface area contributed by atoms with E-state index in [1.807, 2.05) is 6.07 Å². The molecule has 94 valence electrons. The molecule has 0 amide bonds. The van der Waals surface area contributed by atoms with Crippen LogP contribution >= 0.6 is 0 Å². The lowest BCUT2D eigenvalue weighted by molar-refractivity contribution is -0.131. The lowest BCUT2D eigenvalue weighted by Gasteiger charge is -2.07. The second-order valence-electron chi connectivity index (χ2n) is 4.19. The van der Waals surface area contributed by atoms with Crippen LogP contribution in [0.5, 0.6) is 11.5 Å². The summed E-state index contributed by atoms with van der Waals surface area (Å²) in [5.41, 5.74) is 0.914.